The van der Waals surface area contributed by atoms with Gasteiger partial charge in [-0.05, 0) is 13.8 Å². The summed E-state index contributed by atoms with van der Waals surface area (Å²) in [5.41, 5.74) is -0.221. The molecule has 21 heavy (non-hydrogen) atoms. The van der Waals surface area contributed by atoms with E-state index in [2.05, 4.69) is 4.98 Å². The fraction of sp³-hybridized carbons (Fsp3) is 0.667. The molecule has 1 fully saturated rings. The largest absolute Gasteiger partial charge is 0.450 e. The number of halogens is 3. The van der Waals surface area contributed by atoms with E-state index >= 15 is 0 Å². The van der Waals surface area contributed by atoms with Crippen LogP contribution in [0.25, 0.3) is 0 Å². The molecule has 1 aromatic rings. The number of oxazole rings is 1. The van der Waals surface area contributed by atoms with Gasteiger partial charge in [-0.3, -0.25) is 4.79 Å². The van der Waals surface area contributed by atoms with Crippen LogP contribution in [-0.4, -0.2) is 53.9 Å². The van der Waals surface area contributed by atoms with Crippen molar-refractivity contribution in [2.24, 2.45) is 0 Å². The molecule has 0 bridgehead atoms. The van der Waals surface area contributed by atoms with Gasteiger partial charge in [-0.15, -0.1) is 0 Å². The van der Waals surface area contributed by atoms with Crippen molar-refractivity contribution >= 4 is 5.91 Å². The van der Waals surface area contributed by atoms with E-state index in [1.54, 1.807) is 6.92 Å². The summed E-state index contributed by atoms with van der Waals surface area (Å²) in [6, 6.07) is -2.01. The molecule has 1 amide bonds. The lowest BCUT2D eigenvalue weighted by molar-refractivity contribution is -0.220. The third-order valence-electron chi connectivity index (χ3n) is 3.06. The van der Waals surface area contributed by atoms with E-state index in [9.17, 15) is 18.0 Å². The first-order valence-electron chi connectivity index (χ1n) is 6.42. The van der Waals surface area contributed by atoms with Gasteiger partial charge in [0.15, 0.2) is 11.7 Å². The Morgan fingerprint density at radius 3 is 2.90 bits per heavy atom. The van der Waals surface area contributed by atoms with Gasteiger partial charge in [0.05, 0.1) is 19.3 Å². The molecule has 2 heterocycles. The second-order valence-electron chi connectivity index (χ2n) is 4.49. The van der Waals surface area contributed by atoms with Crippen LogP contribution in [0.2, 0.25) is 0 Å². The average Bonchev–Trinajstić information content (AvgIpc) is 2.85. The maximum atomic E-state index is 13.1. The van der Waals surface area contributed by atoms with Crippen LogP contribution in [0.4, 0.5) is 13.2 Å². The Balaban J connectivity index is 2.22. The van der Waals surface area contributed by atoms with E-state index < -0.39 is 24.2 Å². The van der Waals surface area contributed by atoms with E-state index in [1.165, 1.54) is 6.92 Å². The maximum Gasteiger partial charge on any atom is 0.411 e. The highest BCUT2D eigenvalue weighted by Gasteiger charge is 2.51. The lowest BCUT2D eigenvalue weighted by Gasteiger charge is -2.40. The fourth-order valence-corrected chi connectivity index (χ4v) is 2.18. The molecule has 2 rings (SSSR count). The van der Waals surface area contributed by atoms with Gasteiger partial charge in [0, 0.05) is 6.54 Å². The Morgan fingerprint density at radius 1 is 1.57 bits per heavy atom. The van der Waals surface area contributed by atoms with Crippen molar-refractivity contribution in [3.63, 3.8) is 0 Å². The molecule has 0 saturated carbocycles. The molecule has 1 aliphatic heterocycles. The number of ether oxygens (including phenoxy) is 2. The van der Waals surface area contributed by atoms with Gasteiger partial charge in [-0.2, -0.15) is 18.2 Å². The Labute approximate surface area is 118 Å². The summed E-state index contributed by atoms with van der Waals surface area (Å²) in [5, 5.41) is 0. The summed E-state index contributed by atoms with van der Waals surface area (Å²) in [5.74, 6) is -0.859. The first-order chi connectivity index (χ1) is 9.84. The molecule has 0 unspecified atom stereocenters. The Hall–Kier alpha value is -1.77. The molecule has 0 aromatic carbocycles. The summed E-state index contributed by atoms with van der Waals surface area (Å²) in [6.45, 7) is 3.12. The minimum atomic E-state index is -4.58. The Morgan fingerprint density at radius 2 is 2.29 bits per heavy atom. The number of hydrogen-bond donors (Lipinski definition) is 0. The number of carbonyl (C=O) groups is 1. The minimum absolute atomic E-state index is 0.0374. The normalized spacial score (nSPS) is 23.2. The lowest BCUT2D eigenvalue weighted by atomic mass is 10.1. The summed E-state index contributed by atoms with van der Waals surface area (Å²) in [7, 11) is 0. The minimum Gasteiger partial charge on any atom is -0.450 e. The van der Waals surface area contributed by atoms with Crippen LogP contribution in [0.15, 0.2) is 10.7 Å². The number of hydrogen-bond acceptors (Lipinski definition) is 5. The second kappa shape index (κ2) is 5.92. The predicted octanol–water partition coefficient (Wildman–Crippen LogP) is 1.87. The third-order valence-corrected chi connectivity index (χ3v) is 3.06. The van der Waals surface area contributed by atoms with E-state index in [0.717, 1.165) is 6.26 Å². The number of carbonyl (C=O) groups excluding carboxylic acids is 1. The first kappa shape index (κ1) is 15.6. The van der Waals surface area contributed by atoms with Gasteiger partial charge in [-0.25, -0.2) is 0 Å². The standard InChI is InChI=1S/C12H15F3N2O4/c1-3-19-11-16-8(6-21-11)10(18)17-4-5-20-7(2)9(17)12(13,14)15/h6-7,9H,3-5H2,1-2H3/t7-,9-/m0/s1. The summed E-state index contributed by atoms with van der Waals surface area (Å²) in [4.78, 5) is 16.7. The zero-order valence-corrected chi connectivity index (χ0v) is 11.5. The van der Waals surface area contributed by atoms with Crippen LogP contribution in [0.3, 0.4) is 0 Å². The molecule has 2 atom stereocenters. The van der Waals surface area contributed by atoms with Crippen LogP contribution in [0, 0.1) is 0 Å². The zero-order chi connectivity index (χ0) is 15.6. The number of morpholine rings is 1. The van der Waals surface area contributed by atoms with Gasteiger partial charge in [0.25, 0.3) is 5.91 Å². The third kappa shape index (κ3) is 3.29. The molecule has 1 aromatic heterocycles. The first-order valence-corrected chi connectivity index (χ1v) is 6.42. The topological polar surface area (TPSA) is 64.8 Å². The molecule has 6 nitrogen and oxygen atoms in total. The predicted molar refractivity (Wildman–Crippen MR) is 64.0 cm³/mol. The van der Waals surface area contributed by atoms with Crippen molar-refractivity contribution in [1.82, 2.24) is 9.88 Å². The van der Waals surface area contributed by atoms with Crippen LogP contribution in [0.5, 0.6) is 6.08 Å². The van der Waals surface area contributed by atoms with Crippen molar-refractivity contribution in [3.05, 3.63) is 12.0 Å². The summed E-state index contributed by atoms with van der Waals surface area (Å²) < 4.78 is 54.1. The number of alkyl halides is 3. The van der Waals surface area contributed by atoms with Crippen LogP contribution < -0.4 is 4.74 Å². The van der Waals surface area contributed by atoms with Gasteiger partial charge in [-0.1, -0.05) is 0 Å². The van der Waals surface area contributed by atoms with Crippen LogP contribution in [-0.2, 0) is 4.74 Å². The SMILES string of the molecule is CCOc1nc(C(=O)N2CCO[C@@H](C)[C@H]2C(F)(F)F)co1. The Kier molecular flexibility index (Phi) is 4.40. The van der Waals surface area contributed by atoms with E-state index in [-0.39, 0.29) is 31.5 Å². The van der Waals surface area contributed by atoms with E-state index in [1.807, 2.05) is 0 Å². The van der Waals surface area contributed by atoms with E-state index in [4.69, 9.17) is 13.9 Å². The zero-order valence-electron chi connectivity index (χ0n) is 11.5. The lowest BCUT2D eigenvalue weighted by Crippen LogP contribution is -2.59. The Bertz CT molecular complexity index is 503. The number of aromatic nitrogens is 1. The molecule has 0 radical (unpaired) electrons. The van der Waals surface area contributed by atoms with Gasteiger partial charge in [0.1, 0.15) is 6.26 Å². The molecule has 1 saturated heterocycles. The number of amides is 1. The molecule has 9 heteroatoms. The van der Waals surface area contributed by atoms with Crippen LogP contribution in [0.1, 0.15) is 24.3 Å². The van der Waals surface area contributed by atoms with Gasteiger partial charge >= 0.3 is 12.3 Å². The van der Waals surface area contributed by atoms with Crippen molar-refractivity contribution in [1.29, 1.82) is 0 Å². The highest BCUT2D eigenvalue weighted by Crippen LogP contribution is 2.31. The smallest absolute Gasteiger partial charge is 0.411 e. The second-order valence-corrected chi connectivity index (χ2v) is 4.49. The van der Waals surface area contributed by atoms with Crippen molar-refractivity contribution in [2.45, 2.75) is 32.2 Å². The average molecular weight is 308 g/mol. The van der Waals surface area contributed by atoms with Crippen molar-refractivity contribution in [2.75, 3.05) is 19.8 Å². The summed E-state index contributed by atoms with van der Waals surface area (Å²) in [6.07, 6.45) is -4.88. The molecule has 118 valence electrons. The molecular weight excluding hydrogens is 293 g/mol. The number of rotatable bonds is 3. The molecule has 0 aliphatic carbocycles. The molecular formula is C12H15F3N2O4. The highest BCUT2D eigenvalue weighted by molar-refractivity contribution is 5.92. The van der Waals surface area contributed by atoms with Crippen molar-refractivity contribution < 1.29 is 31.9 Å². The fourth-order valence-electron chi connectivity index (χ4n) is 2.18. The van der Waals surface area contributed by atoms with Crippen LogP contribution >= 0.6 is 0 Å². The van der Waals surface area contributed by atoms with Gasteiger partial charge in [0.2, 0.25) is 0 Å². The summed E-state index contributed by atoms with van der Waals surface area (Å²) >= 11 is 0. The molecule has 0 spiro atoms. The monoisotopic (exact) mass is 308 g/mol. The highest BCUT2D eigenvalue weighted by atomic mass is 19.4. The maximum absolute atomic E-state index is 13.1. The van der Waals surface area contributed by atoms with Gasteiger partial charge < -0.3 is 18.8 Å². The molecule has 0 N–H and O–H groups in total. The van der Waals surface area contributed by atoms with E-state index in [0.29, 0.717) is 4.90 Å². The number of nitrogens with zero attached hydrogens (tertiary/aromatic N) is 2. The quantitative estimate of drug-likeness (QED) is 0.853. The van der Waals surface area contributed by atoms with Crippen molar-refractivity contribution in [3.8, 4) is 6.08 Å². The molecule has 1 aliphatic rings.